The second kappa shape index (κ2) is 4.51. The molecule has 0 saturated heterocycles. The van der Waals surface area contributed by atoms with Gasteiger partial charge in [-0.1, -0.05) is 0 Å². The quantitative estimate of drug-likeness (QED) is 0.623. The summed E-state index contributed by atoms with van der Waals surface area (Å²) in [6.07, 6.45) is 0.583. The van der Waals surface area contributed by atoms with Gasteiger partial charge in [-0.2, -0.15) is 5.26 Å². The van der Waals surface area contributed by atoms with Crippen molar-refractivity contribution in [2.75, 3.05) is 19.6 Å². The Bertz CT molecular complexity index is 302. The third-order valence-corrected chi connectivity index (χ3v) is 2.14. The summed E-state index contributed by atoms with van der Waals surface area (Å²) < 4.78 is 0. The van der Waals surface area contributed by atoms with E-state index in [2.05, 4.69) is 5.32 Å². The predicted octanol–water partition coefficient (Wildman–Crippen LogP) is 0.158. The summed E-state index contributed by atoms with van der Waals surface area (Å²) >= 11 is 0. The molecule has 5 heteroatoms. The summed E-state index contributed by atoms with van der Waals surface area (Å²) in [4.78, 5) is 13.0. The first-order valence-corrected chi connectivity index (χ1v) is 4.59. The van der Waals surface area contributed by atoms with Gasteiger partial charge in [-0.05, 0) is 6.92 Å². The number of amides is 2. The number of nitrogens with zero attached hydrogens (tertiary/aromatic N) is 2. The highest BCUT2D eigenvalue weighted by Gasteiger charge is 2.20. The summed E-state index contributed by atoms with van der Waals surface area (Å²) in [6, 6.07) is 1.88. The number of nitrogens with one attached hydrogen (secondary N) is 1. The zero-order valence-electron chi connectivity index (χ0n) is 8.21. The van der Waals surface area contributed by atoms with E-state index in [0.29, 0.717) is 37.3 Å². The van der Waals surface area contributed by atoms with Gasteiger partial charge in [-0.3, -0.25) is 0 Å². The van der Waals surface area contributed by atoms with Crippen molar-refractivity contribution in [2.24, 2.45) is 5.73 Å². The van der Waals surface area contributed by atoms with E-state index in [-0.39, 0.29) is 6.03 Å². The van der Waals surface area contributed by atoms with Crippen molar-refractivity contribution in [3.63, 3.8) is 0 Å². The van der Waals surface area contributed by atoms with E-state index in [4.69, 9.17) is 11.0 Å². The molecule has 0 atom stereocenters. The number of nitriles is 1. The predicted molar refractivity (Wildman–Crippen MR) is 52.1 cm³/mol. The minimum atomic E-state index is -0.132. The molecule has 0 spiro atoms. The van der Waals surface area contributed by atoms with Gasteiger partial charge < -0.3 is 16.0 Å². The van der Waals surface area contributed by atoms with Crippen LogP contribution in [0, 0.1) is 11.3 Å². The van der Waals surface area contributed by atoms with Crippen LogP contribution >= 0.6 is 0 Å². The highest BCUT2D eigenvalue weighted by atomic mass is 16.2. The summed E-state index contributed by atoms with van der Waals surface area (Å²) in [5.74, 6) is 0. The van der Waals surface area contributed by atoms with Crippen molar-refractivity contribution in [1.82, 2.24) is 10.2 Å². The monoisotopic (exact) mass is 194 g/mol. The topological polar surface area (TPSA) is 82.2 Å². The molecule has 14 heavy (non-hydrogen) atoms. The molecule has 0 aromatic heterocycles. The molecule has 76 valence electrons. The smallest absolute Gasteiger partial charge is 0.317 e. The van der Waals surface area contributed by atoms with Crippen molar-refractivity contribution >= 4 is 6.03 Å². The molecule has 1 rings (SSSR count). The molecule has 1 aliphatic rings. The van der Waals surface area contributed by atoms with Crippen molar-refractivity contribution in [3.05, 3.63) is 11.3 Å². The van der Waals surface area contributed by atoms with Crippen LogP contribution in [0.2, 0.25) is 0 Å². The zero-order valence-corrected chi connectivity index (χ0v) is 8.21. The van der Waals surface area contributed by atoms with Gasteiger partial charge in [0.25, 0.3) is 0 Å². The van der Waals surface area contributed by atoms with Crippen LogP contribution in [0.25, 0.3) is 0 Å². The fraction of sp³-hybridized carbons (Fsp3) is 0.556. The van der Waals surface area contributed by atoms with Crippen LogP contribution in [0.1, 0.15) is 13.3 Å². The van der Waals surface area contributed by atoms with Crippen molar-refractivity contribution in [2.45, 2.75) is 13.3 Å². The zero-order chi connectivity index (χ0) is 10.6. The number of nitrogens with two attached hydrogens (primary N) is 1. The lowest BCUT2D eigenvalue weighted by Gasteiger charge is -2.27. The molecule has 3 N–H and O–H groups in total. The largest absolute Gasteiger partial charge is 0.401 e. The van der Waals surface area contributed by atoms with Crippen molar-refractivity contribution < 1.29 is 4.79 Å². The Morgan fingerprint density at radius 1 is 1.79 bits per heavy atom. The van der Waals surface area contributed by atoms with Crippen LogP contribution in [0.5, 0.6) is 0 Å². The summed E-state index contributed by atoms with van der Waals surface area (Å²) in [5, 5.41) is 11.4. The molecule has 0 aromatic carbocycles. The fourth-order valence-electron chi connectivity index (χ4n) is 1.32. The Morgan fingerprint density at radius 3 is 3.07 bits per heavy atom. The normalized spacial score (nSPS) is 16.4. The second-order valence-electron chi connectivity index (χ2n) is 3.12. The molecule has 2 amide bonds. The summed E-state index contributed by atoms with van der Waals surface area (Å²) in [7, 11) is 0. The van der Waals surface area contributed by atoms with E-state index in [9.17, 15) is 4.79 Å². The number of carbonyl (C=O) groups excluding carboxylic acids is 1. The summed E-state index contributed by atoms with van der Waals surface area (Å²) in [5.41, 5.74) is 6.73. The Kier molecular flexibility index (Phi) is 3.35. The van der Waals surface area contributed by atoms with Gasteiger partial charge in [0.2, 0.25) is 0 Å². The third-order valence-electron chi connectivity index (χ3n) is 2.14. The maximum atomic E-state index is 11.4. The first-order valence-electron chi connectivity index (χ1n) is 4.59. The van der Waals surface area contributed by atoms with Crippen LogP contribution in [0.3, 0.4) is 0 Å². The molecular weight excluding hydrogens is 180 g/mol. The molecule has 5 nitrogen and oxygen atoms in total. The molecule has 0 saturated carbocycles. The second-order valence-corrected chi connectivity index (χ2v) is 3.12. The van der Waals surface area contributed by atoms with Crippen molar-refractivity contribution in [3.8, 4) is 6.07 Å². The van der Waals surface area contributed by atoms with Crippen LogP contribution in [-0.2, 0) is 0 Å². The van der Waals surface area contributed by atoms with Gasteiger partial charge in [-0.25, -0.2) is 4.79 Å². The fourth-order valence-corrected chi connectivity index (χ4v) is 1.32. The molecular formula is C9H14N4O. The number of hydrogen-bond donors (Lipinski definition) is 2. The van der Waals surface area contributed by atoms with Gasteiger partial charge in [0.05, 0.1) is 18.2 Å². The molecule has 0 unspecified atom stereocenters. The first-order chi connectivity index (χ1) is 6.69. The van der Waals surface area contributed by atoms with Gasteiger partial charge in [0.15, 0.2) is 0 Å². The number of rotatable bonds is 1. The first kappa shape index (κ1) is 10.4. The lowest BCUT2D eigenvalue weighted by Crippen LogP contribution is -2.44. The Morgan fingerprint density at radius 2 is 2.50 bits per heavy atom. The standard InChI is InChI=1S/C9H14N4O/c1-2-12-9(14)13-4-3-8(11)7(5-10)6-13/h2-4,6,11H2,1H3,(H,12,14). The maximum absolute atomic E-state index is 11.4. The van der Waals surface area contributed by atoms with E-state index in [1.54, 1.807) is 4.90 Å². The Labute approximate surface area is 83.2 Å². The number of hydrogen-bond acceptors (Lipinski definition) is 3. The third kappa shape index (κ3) is 2.16. The molecule has 1 aliphatic heterocycles. The minimum Gasteiger partial charge on any atom is -0.401 e. The van der Waals surface area contributed by atoms with Gasteiger partial charge >= 0.3 is 6.03 Å². The van der Waals surface area contributed by atoms with Crippen LogP contribution < -0.4 is 11.1 Å². The van der Waals surface area contributed by atoms with Gasteiger partial charge in [0, 0.05) is 25.2 Å². The molecule has 0 aromatic rings. The van der Waals surface area contributed by atoms with Gasteiger partial charge in [-0.15, -0.1) is 0 Å². The highest BCUT2D eigenvalue weighted by Crippen LogP contribution is 2.12. The van der Waals surface area contributed by atoms with Crippen LogP contribution in [0.4, 0.5) is 4.79 Å². The lowest BCUT2D eigenvalue weighted by molar-refractivity contribution is 0.201. The Hall–Kier alpha value is -1.70. The minimum absolute atomic E-state index is 0.132. The molecule has 0 radical (unpaired) electrons. The molecule has 0 fully saturated rings. The van der Waals surface area contributed by atoms with E-state index < -0.39 is 0 Å². The summed E-state index contributed by atoms with van der Waals surface area (Å²) in [6.45, 7) is 3.37. The SMILES string of the molecule is CCNC(=O)N1CCC(N)=C(C#N)C1. The van der Waals surface area contributed by atoms with E-state index >= 15 is 0 Å². The van der Waals surface area contributed by atoms with E-state index in [1.165, 1.54) is 0 Å². The van der Waals surface area contributed by atoms with Crippen LogP contribution in [-0.4, -0.2) is 30.6 Å². The number of urea groups is 1. The van der Waals surface area contributed by atoms with Crippen molar-refractivity contribution in [1.29, 1.82) is 5.26 Å². The Balaban J connectivity index is 2.63. The molecule has 1 heterocycles. The molecule has 0 bridgehead atoms. The van der Waals surface area contributed by atoms with E-state index in [1.807, 2.05) is 13.0 Å². The maximum Gasteiger partial charge on any atom is 0.317 e. The highest BCUT2D eigenvalue weighted by molar-refractivity contribution is 5.74. The average Bonchev–Trinajstić information content (AvgIpc) is 2.19. The average molecular weight is 194 g/mol. The van der Waals surface area contributed by atoms with E-state index in [0.717, 1.165) is 0 Å². The lowest BCUT2D eigenvalue weighted by atomic mass is 10.1. The number of carbonyl (C=O) groups is 1. The molecule has 0 aliphatic carbocycles. The van der Waals surface area contributed by atoms with Gasteiger partial charge in [0.1, 0.15) is 0 Å². The van der Waals surface area contributed by atoms with Crippen LogP contribution in [0.15, 0.2) is 11.3 Å².